The molecule has 1 N–H and O–H groups in total. The molecule has 3 heteroatoms. The Bertz CT molecular complexity index is 710. The Morgan fingerprint density at radius 1 is 0.821 bits per heavy atom. The summed E-state index contributed by atoms with van der Waals surface area (Å²) in [5.74, 6) is 0.126. The van der Waals surface area contributed by atoms with Crippen molar-refractivity contribution in [3.8, 4) is 11.1 Å². The van der Waals surface area contributed by atoms with Crippen LogP contribution in [0.15, 0.2) is 48.5 Å². The molecule has 2 aromatic carbocycles. The van der Waals surface area contributed by atoms with Crippen LogP contribution in [0.1, 0.15) is 75.3 Å². The predicted molar refractivity (Wildman–Crippen MR) is 116 cm³/mol. The number of rotatable bonds is 11. The van der Waals surface area contributed by atoms with E-state index < -0.39 is 0 Å². The highest BCUT2D eigenvalue weighted by Crippen LogP contribution is 2.44. The quantitative estimate of drug-likeness (QED) is 0.443. The van der Waals surface area contributed by atoms with Crippen LogP contribution in [0.25, 0.3) is 11.1 Å². The maximum atomic E-state index is 12.1. The Hall–Kier alpha value is -2.29. The minimum absolute atomic E-state index is 0.126. The minimum atomic E-state index is -0.301. The molecule has 0 aliphatic heterocycles. The lowest BCUT2D eigenvalue weighted by Gasteiger charge is -2.14. The first kappa shape index (κ1) is 20.4. The van der Waals surface area contributed by atoms with Crippen molar-refractivity contribution in [3.63, 3.8) is 0 Å². The number of hydrogen-bond acceptors (Lipinski definition) is 2. The number of alkyl carbamates (subject to hydrolysis) is 1. The van der Waals surface area contributed by atoms with E-state index in [-0.39, 0.29) is 12.0 Å². The highest BCUT2D eigenvalue weighted by atomic mass is 16.5. The molecule has 0 atom stereocenters. The fourth-order valence-electron chi connectivity index (χ4n) is 4.10. The predicted octanol–water partition coefficient (Wildman–Crippen LogP) is 6.67. The Morgan fingerprint density at radius 3 is 1.96 bits per heavy atom. The SMILES string of the molecule is CCCCCCCCCCNC(=O)OCC1c2ccccc2-c2ccccc21. The van der Waals surface area contributed by atoms with Gasteiger partial charge >= 0.3 is 6.09 Å². The van der Waals surface area contributed by atoms with Crippen molar-refractivity contribution in [3.05, 3.63) is 59.7 Å². The van der Waals surface area contributed by atoms with Crippen LogP contribution in [0, 0.1) is 0 Å². The molecule has 0 unspecified atom stereocenters. The molecule has 0 heterocycles. The number of nitrogens with one attached hydrogen (secondary N) is 1. The maximum absolute atomic E-state index is 12.1. The maximum Gasteiger partial charge on any atom is 0.407 e. The van der Waals surface area contributed by atoms with Crippen LogP contribution in [0.4, 0.5) is 4.79 Å². The summed E-state index contributed by atoms with van der Waals surface area (Å²) in [6.45, 7) is 3.33. The van der Waals surface area contributed by atoms with E-state index in [1.807, 2.05) is 0 Å². The summed E-state index contributed by atoms with van der Waals surface area (Å²) < 4.78 is 5.56. The highest BCUT2D eigenvalue weighted by molar-refractivity contribution is 5.79. The van der Waals surface area contributed by atoms with Gasteiger partial charge in [0.2, 0.25) is 0 Å². The van der Waals surface area contributed by atoms with Gasteiger partial charge in [-0.25, -0.2) is 4.79 Å². The van der Waals surface area contributed by atoms with Crippen molar-refractivity contribution in [1.29, 1.82) is 0 Å². The zero-order valence-electron chi connectivity index (χ0n) is 17.1. The van der Waals surface area contributed by atoms with Crippen LogP contribution in [0.5, 0.6) is 0 Å². The van der Waals surface area contributed by atoms with Crippen LogP contribution >= 0.6 is 0 Å². The summed E-state index contributed by atoms with van der Waals surface area (Å²) in [5.41, 5.74) is 5.01. The molecule has 1 aliphatic rings. The molecular formula is C25H33NO2. The van der Waals surface area contributed by atoms with Crippen molar-refractivity contribution in [1.82, 2.24) is 5.32 Å². The third-order valence-electron chi connectivity index (χ3n) is 5.64. The summed E-state index contributed by atoms with van der Waals surface area (Å²) in [7, 11) is 0. The molecule has 1 aliphatic carbocycles. The average Bonchev–Trinajstić information content (AvgIpc) is 3.05. The van der Waals surface area contributed by atoms with E-state index in [2.05, 4.69) is 60.8 Å². The van der Waals surface area contributed by atoms with Crippen LogP contribution in [-0.4, -0.2) is 19.2 Å². The average molecular weight is 380 g/mol. The second-order valence-corrected chi connectivity index (χ2v) is 7.73. The lowest BCUT2D eigenvalue weighted by atomic mass is 9.98. The monoisotopic (exact) mass is 379 g/mol. The van der Waals surface area contributed by atoms with E-state index in [0.29, 0.717) is 13.2 Å². The number of carbonyl (C=O) groups excluding carboxylic acids is 1. The third-order valence-corrected chi connectivity index (χ3v) is 5.64. The molecule has 3 nitrogen and oxygen atoms in total. The van der Waals surface area contributed by atoms with Gasteiger partial charge in [-0.2, -0.15) is 0 Å². The Kier molecular flexibility index (Phi) is 7.95. The fraction of sp³-hybridized carbons (Fsp3) is 0.480. The lowest BCUT2D eigenvalue weighted by molar-refractivity contribution is 0.143. The Morgan fingerprint density at radius 2 is 1.36 bits per heavy atom. The van der Waals surface area contributed by atoms with E-state index >= 15 is 0 Å². The number of unbranched alkanes of at least 4 members (excludes halogenated alkanes) is 7. The standard InChI is InChI=1S/C25H33NO2/c1-2-3-4-5-6-7-8-13-18-26-25(27)28-19-24-22-16-11-9-14-20(22)21-15-10-12-17-23(21)24/h9-12,14-17,24H,2-8,13,18-19H2,1H3,(H,26,27). The van der Waals surface area contributed by atoms with Crippen molar-refractivity contribution < 1.29 is 9.53 Å². The zero-order valence-corrected chi connectivity index (χ0v) is 17.1. The van der Waals surface area contributed by atoms with E-state index in [4.69, 9.17) is 4.74 Å². The van der Waals surface area contributed by atoms with Gasteiger partial charge < -0.3 is 10.1 Å². The molecule has 0 bridgehead atoms. The van der Waals surface area contributed by atoms with Gasteiger partial charge in [-0.1, -0.05) is 100 Å². The Balaban J connectivity index is 1.37. The number of benzene rings is 2. The van der Waals surface area contributed by atoms with Gasteiger partial charge in [-0.05, 0) is 28.7 Å². The minimum Gasteiger partial charge on any atom is -0.449 e. The topological polar surface area (TPSA) is 38.3 Å². The molecule has 0 radical (unpaired) electrons. The van der Waals surface area contributed by atoms with Gasteiger partial charge in [-0.3, -0.25) is 0 Å². The van der Waals surface area contributed by atoms with Gasteiger partial charge in [0.1, 0.15) is 6.61 Å². The molecule has 1 amide bonds. The molecule has 0 spiro atoms. The van der Waals surface area contributed by atoms with Crippen molar-refractivity contribution in [2.24, 2.45) is 0 Å². The molecule has 150 valence electrons. The van der Waals surface area contributed by atoms with Crippen LogP contribution in [0.3, 0.4) is 0 Å². The lowest BCUT2D eigenvalue weighted by Crippen LogP contribution is -2.27. The summed E-state index contributed by atoms with van der Waals surface area (Å²) in [4.78, 5) is 12.1. The van der Waals surface area contributed by atoms with Gasteiger partial charge in [0.25, 0.3) is 0 Å². The smallest absolute Gasteiger partial charge is 0.407 e. The van der Waals surface area contributed by atoms with Gasteiger partial charge in [0.15, 0.2) is 0 Å². The molecule has 28 heavy (non-hydrogen) atoms. The molecule has 3 rings (SSSR count). The van der Waals surface area contributed by atoms with Gasteiger partial charge in [0, 0.05) is 12.5 Å². The van der Waals surface area contributed by atoms with Crippen molar-refractivity contribution >= 4 is 6.09 Å². The molecule has 2 aromatic rings. The second-order valence-electron chi connectivity index (χ2n) is 7.73. The van der Waals surface area contributed by atoms with E-state index in [9.17, 15) is 4.79 Å². The van der Waals surface area contributed by atoms with Crippen LogP contribution in [0.2, 0.25) is 0 Å². The van der Waals surface area contributed by atoms with Crippen molar-refractivity contribution in [2.45, 2.75) is 64.2 Å². The first-order chi connectivity index (χ1) is 13.8. The summed E-state index contributed by atoms with van der Waals surface area (Å²) in [6, 6.07) is 16.8. The summed E-state index contributed by atoms with van der Waals surface area (Å²) >= 11 is 0. The fourth-order valence-corrected chi connectivity index (χ4v) is 4.10. The number of hydrogen-bond donors (Lipinski definition) is 1. The number of ether oxygens (including phenoxy) is 1. The van der Waals surface area contributed by atoms with Crippen LogP contribution < -0.4 is 5.32 Å². The number of carbonyl (C=O) groups is 1. The molecule has 0 aromatic heterocycles. The number of amides is 1. The number of fused-ring (bicyclic) bond motifs is 3. The second kappa shape index (κ2) is 10.9. The largest absolute Gasteiger partial charge is 0.449 e. The van der Waals surface area contributed by atoms with E-state index in [1.54, 1.807) is 0 Å². The van der Waals surface area contributed by atoms with Gasteiger partial charge in [-0.15, -0.1) is 0 Å². The first-order valence-electron chi connectivity index (χ1n) is 10.9. The highest BCUT2D eigenvalue weighted by Gasteiger charge is 2.28. The third kappa shape index (κ3) is 5.37. The van der Waals surface area contributed by atoms with E-state index in [1.165, 1.54) is 67.2 Å². The van der Waals surface area contributed by atoms with Crippen LogP contribution in [-0.2, 0) is 4.74 Å². The molecule has 0 saturated carbocycles. The van der Waals surface area contributed by atoms with Gasteiger partial charge in [0.05, 0.1) is 0 Å². The Labute approximate surface area is 169 Å². The molecular weight excluding hydrogens is 346 g/mol. The zero-order chi connectivity index (χ0) is 19.6. The van der Waals surface area contributed by atoms with E-state index in [0.717, 1.165) is 6.42 Å². The first-order valence-corrected chi connectivity index (χ1v) is 10.9. The molecule has 0 saturated heterocycles. The van der Waals surface area contributed by atoms with Crippen molar-refractivity contribution in [2.75, 3.05) is 13.2 Å². The summed E-state index contributed by atoms with van der Waals surface area (Å²) in [5, 5.41) is 2.90. The molecule has 0 fully saturated rings. The summed E-state index contributed by atoms with van der Waals surface area (Å²) in [6.07, 6.45) is 9.81. The normalized spacial score (nSPS) is 12.5.